The molecule has 4 amide bonds. The standard InChI is InChI=1S/C22H40N4O7/c1-12(16(29)20(32)33)23-18(30)13(10-15(28)26(8)9)24-19(31)17(22(5,6)7)25-14(27)11-21(2,3)4/h12-13,16-17,29H,10-11H2,1-9H3,(H,23,30)(H,24,31)(H,25,27)(H,32,33)/t12?,13-,16?,17+/m0/s1. The van der Waals surface area contributed by atoms with Gasteiger partial charge in [-0.1, -0.05) is 41.5 Å². The van der Waals surface area contributed by atoms with Gasteiger partial charge in [-0.2, -0.15) is 0 Å². The van der Waals surface area contributed by atoms with E-state index in [1.54, 1.807) is 20.8 Å². The number of aliphatic hydroxyl groups is 1. The number of aliphatic hydroxyl groups excluding tert-OH is 1. The summed E-state index contributed by atoms with van der Waals surface area (Å²) in [5.74, 6) is -3.81. The van der Waals surface area contributed by atoms with Crippen LogP contribution in [0.25, 0.3) is 0 Å². The highest BCUT2D eigenvalue weighted by Crippen LogP contribution is 2.22. The highest BCUT2D eigenvalue weighted by Gasteiger charge is 2.37. The first-order valence-electron chi connectivity index (χ1n) is 10.8. The summed E-state index contributed by atoms with van der Waals surface area (Å²) in [7, 11) is 2.97. The zero-order chi connectivity index (χ0) is 26.3. The number of hydrogen-bond donors (Lipinski definition) is 5. The van der Waals surface area contributed by atoms with Gasteiger partial charge in [0.05, 0.1) is 12.5 Å². The topological polar surface area (TPSA) is 165 Å². The van der Waals surface area contributed by atoms with Crippen LogP contribution >= 0.6 is 0 Å². The Balaban J connectivity index is 5.72. The largest absolute Gasteiger partial charge is 0.479 e. The molecule has 0 aliphatic rings. The van der Waals surface area contributed by atoms with Gasteiger partial charge in [-0.25, -0.2) is 4.79 Å². The predicted molar refractivity (Wildman–Crippen MR) is 122 cm³/mol. The fourth-order valence-electron chi connectivity index (χ4n) is 2.81. The highest BCUT2D eigenvalue weighted by molar-refractivity contribution is 5.95. The molecule has 5 N–H and O–H groups in total. The molecular weight excluding hydrogens is 432 g/mol. The van der Waals surface area contributed by atoms with E-state index < -0.39 is 59.8 Å². The fourth-order valence-corrected chi connectivity index (χ4v) is 2.81. The molecule has 0 radical (unpaired) electrons. The van der Waals surface area contributed by atoms with E-state index >= 15 is 0 Å². The SMILES string of the molecule is CC(NC(=O)[C@H](CC(=O)N(C)C)NC(=O)[C@@H](NC(=O)CC(C)(C)C)C(C)(C)C)C(O)C(=O)O. The Bertz CT molecular complexity index is 738. The Kier molecular flexibility index (Phi) is 11.0. The Morgan fingerprint density at radius 1 is 0.879 bits per heavy atom. The number of nitrogens with zero attached hydrogens (tertiary/aromatic N) is 1. The second-order valence-electron chi connectivity index (χ2n) is 10.7. The lowest BCUT2D eigenvalue weighted by molar-refractivity contribution is -0.148. The molecule has 11 heteroatoms. The fraction of sp³-hybridized carbons (Fsp3) is 0.773. The van der Waals surface area contributed by atoms with E-state index in [1.807, 2.05) is 20.8 Å². The first-order chi connectivity index (χ1) is 14.8. The molecule has 0 saturated heterocycles. The monoisotopic (exact) mass is 472 g/mol. The molecule has 2 unspecified atom stereocenters. The maximum Gasteiger partial charge on any atom is 0.334 e. The third-order valence-corrected chi connectivity index (χ3v) is 4.73. The van der Waals surface area contributed by atoms with Gasteiger partial charge in [0.25, 0.3) is 0 Å². The van der Waals surface area contributed by atoms with Crippen molar-refractivity contribution in [1.29, 1.82) is 0 Å². The van der Waals surface area contributed by atoms with E-state index in [4.69, 9.17) is 5.11 Å². The third-order valence-electron chi connectivity index (χ3n) is 4.73. The maximum absolute atomic E-state index is 13.1. The number of hydrogen-bond acceptors (Lipinski definition) is 6. The summed E-state index contributed by atoms with van der Waals surface area (Å²) in [5.41, 5.74) is -1.01. The number of aliphatic carboxylic acids is 1. The zero-order valence-corrected chi connectivity index (χ0v) is 21.1. The van der Waals surface area contributed by atoms with Crippen LogP contribution < -0.4 is 16.0 Å². The van der Waals surface area contributed by atoms with Crippen molar-refractivity contribution in [3.05, 3.63) is 0 Å². The molecule has 0 aliphatic heterocycles. The van der Waals surface area contributed by atoms with Crippen molar-refractivity contribution in [2.24, 2.45) is 10.8 Å². The van der Waals surface area contributed by atoms with Gasteiger partial charge in [0, 0.05) is 20.5 Å². The first-order valence-corrected chi connectivity index (χ1v) is 10.8. The van der Waals surface area contributed by atoms with Gasteiger partial charge in [-0.15, -0.1) is 0 Å². The van der Waals surface area contributed by atoms with Crippen molar-refractivity contribution >= 4 is 29.6 Å². The molecule has 0 aromatic carbocycles. The molecule has 4 atom stereocenters. The van der Waals surface area contributed by atoms with E-state index in [-0.39, 0.29) is 17.7 Å². The number of amides is 4. The second kappa shape index (κ2) is 12.0. The van der Waals surface area contributed by atoms with Gasteiger partial charge in [-0.05, 0) is 17.8 Å². The predicted octanol–water partition coefficient (Wildman–Crippen LogP) is -0.133. The van der Waals surface area contributed by atoms with Crippen LogP contribution in [0.3, 0.4) is 0 Å². The maximum atomic E-state index is 13.1. The van der Waals surface area contributed by atoms with Crippen LogP contribution in [0.2, 0.25) is 0 Å². The van der Waals surface area contributed by atoms with Crippen molar-refractivity contribution in [2.45, 2.75) is 85.5 Å². The lowest BCUT2D eigenvalue weighted by Crippen LogP contribution is -2.59. The van der Waals surface area contributed by atoms with Crippen LogP contribution in [0.1, 0.15) is 61.3 Å². The lowest BCUT2D eigenvalue weighted by atomic mass is 9.85. The molecule has 0 heterocycles. The number of carbonyl (C=O) groups is 5. The van der Waals surface area contributed by atoms with Crippen LogP contribution in [0.5, 0.6) is 0 Å². The zero-order valence-electron chi connectivity index (χ0n) is 21.1. The molecule has 0 aliphatic carbocycles. The molecule has 0 aromatic heterocycles. The summed E-state index contributed by atoms with van der Waals surface area (Å²) in [6.45, 7) is 12.2. The van der Waals surface area contributed by atoms with Gasteiger partial charge in [0.2, 0.25) is 23.6 Å². The van der Waals surface area contributed by atoms with Crippen molar-refractivity contribution in [3.63, 3.8) is 0 Å². The van der Waals surface area contributed by atoms with Crippen molar-refractivity contribution in [3.8, 4) is 0 Å². The summed E-state index contributed by atoms with van der Waals surface area (Å²) in [4.78, 5) is 62.8. The average Bonchev–Trinajstić information content (AvgIpc) is 2.61. The van der Waals surface area contributed by atoms with Gasteiger partial charge in [-0.3, -0.25) is 19.2 Å². The number of rotatable bonds is 10. The highest BCUT2D eigenvalue weighted by atomic mass is 16.4. The van der Waals surface area contributed by atoms with Gasteiger partial charge < -0.3 is 31.1 Å². The molecule has 0 rings (SSSR count). The number of carboxylic acids is 1. The third kappa shape index (κ3) is 11.1. The molecule has 190 valence electrons. The van der Waals surface area contributed by atoms with E-state index in [0.29, 0.717) is 0 Å². The average molecular weight is 473 g/mol. The van der Waals surface area contributed by atoms with Crippen LogP contribution in [0.4, 0.5) is 0 Å². The van der Waals surface area contributed by atoms with Crippen LogP contribution in [0, 0.1) is 10.8 Å². The molecular formula is C22H40N4O7. The lowest BCUT2D eigenvalue weighted by Gasteiger charge is -2.33. The van der Waals surface area contributed by atoms with Crippen molar-refractivity contribution in [1.82, 2.24) is 20.9 Å². The molecule has 0 bridgehead atoms. The summed E-state index contributed by atoms with van der Waals surface area (Å²) in [6.07, 6.45) is -2.08. The van der Waals surface area contributed by atoms with E-state index in [0.717, 1.165) is 0 Å². The Hall–Kier alpha value is -2.69. The van der Waals surface area contributed by atoms with Crippen LogP contribution in [-0.4, -0.2) is 83.0 Å². The molecule has 0 spiro atoms. The normalized spacial score (nSPS) is 15.5. The molecule has 33 heavy (non-hydrogen) atoms. The van der Waals surface area contributed by atoms with E-state index in [2.05, 4.69) is 16.0 Å². The summed E-state index contributed by atoms with van der Waals surface area (Å²) < 4.78 is 0. The van der Waals surface area contributed by atoms with Gasteiger partial charge in [0.1, 0.15) is 12.1 Å². The minimum atomic E-state index is -1.87. The molecule has 11 nitrogen and oxygen atoms in total. The molecule has 0 aromatic rings. The smallest absolute Gasteiger partial charge is 0.334 e. The number of carboxylic acid groups (broad SMARTS) is 1. The van der Waals surface area contributed by atoms with Crippen molar-refractivity contribution in [2.75, 3.05) is 14.1 Å². The summed E-state index contributed by atoms with van der Waals surface area (Å²) in [5, 5.41) is 26.1. The first kappa shape index (κ1) is 30.3. The molecule has 0 fully saturated rings. The second-order valence-corrected chi connectivity index (χ2v) is 10.7. The van der Waals surface area contributed by atoms with Crippen LogP contribution in [-0.2, 0) is 24.0 Å². The number of carbonyl (C=O) groups excluding carboxylic acids is 4. The minimum absolute atomic E-state index is 0.181. The van der Waals surface area contributed by atoms with E-state index in [9.17, 15) is 29.1 Å². The number of nitrogens with one attached hydrogen (secondary N) is 3. The Morgan fingerprint density at radius 2 is 1.39 bits per heavy atom. The van der Waals surface area contributed by atoms with Crippen LogP contribution in [0.15, 0.2) is 0 Å². The Morgan fingerprint density at radius 3 is 1.79 bits per heavy atom. The molecule has 0 saturated carbocycles. The minimum Gasteiger partial charge on any atom is -0.479 e. The van der Waals surface area contributed by atoms with E-state index in [1.165, 1.54) is 25.9 Å². The quantitative estimate of drug-likeness (QED) is 0.295. The summed E-state index contributed by atoms with van der Waals surface area (Å²) >= 11 is 0. The van der Waals surface area contributed by atoms with Gasteiger partial charge >= 0.3 is 5.97 Å². The van der Waals surface area contributed by atoms with Crippen molar-refractivity contribution < 1.29 is 34.2 Å². The Labute approximate surface area is 195 Å². The summed E-state index contributed by atoms with van der Waals surface area (Å²) in [6, 6.07) is -3.52. The van der Waals surface area contributed by atoms with Gasteiger partial charge in [0.15, 0.2) is 6.10 Å².